The van der Waals surface area contributed by atoms with Crippen molar-refractivity contribution in [2.75, 3.05) is 11.1 Å². The summed E-state index contributed by atoms with van der Waals surface area (Å²) in [4.78, 5) is 8.26. The Bertz CT molecular complexity index is 935. The molecule has 8 heteroatoms. The summed E-state index contributed by atoms with van der Waals surface area (Å²) in [6.45, 7) is 3.81. The highest BCUT2D eigenvalue weighted by Crippen LogP contribution is 2.34. The lowest BCUT2D eigenvalue weighted by Gasteiger charge is -2.13. The Morgan fingerprint density at radius 2 is 1.54 bits per heavy atom. The molecule has 5 nitrogen and oxygen atoms in total. The number of halogens is 3. The van der Waals surface area contributed by atoms with E-state index in [9.17, 15) is 0 Å². The van der Waals surface area contributed by atoms with Crippen molar-refractivity contribution in [1.82, 2.24) is 9.97 Å². The van der Waals surface area contributed by atoms with E-state index in [1.54, 1.807) is 18.2 Å². The van der Waals surface area contributed by atoms with Gasteiger partial charge in [0.05, 0.1) is 0 Å². The fourth-order valence-electron chi connectivity index (χ4n) is 2.40. The number of ether oxygens (including phenoxy) is 1. The fraction of sp³-hybridized carbons (Fsp3) is 0.111. The molecule has 26 heavy (non-hydrogen) atoms. The van der Waals surface area contributed by atoms with Crippen molar-refractivity contribution in [3.63, 3.8) is 0 Å². The first-order chi connectivity index (χ1) is 12.3. The van der Waals surface area contributed by atoms with Crippen molar-refractivity contribution < 1.29 is 4.74 Å². The second-order valence-electron chi connectivity index (χ2n) is 5.70. The first-order valence-electron chi connectivity index (χ1n) is 7.61. The third kappa shape index (κ3) is 4.12. The third-order valence-corrected chi connectivity index (χ3v) is 4.63. The lowest BCUT2D eigenvalue weighted by atomic mass is 10.1. The zero-order chi connectivity index (χ0) is 18.8. The zero-order valence-electron chi connectivity index (χ0n) is 14.0. The van der Waals surface area contributed by atoms with Crippen LogP contribution in [-0.2, 0) is 0 Å². The second kappa shape index (κ2) is 7.58. The number of hydrogen-bond donors (Lipinski definition) is 2. The Balaban J connectivity index is 1.90. The van der Waals surface area contributed by atoms with Crippen molar-refractivity contribution in [2.24, 2.45) is 0 Å². The molecule has 0 radical (unpaired) electrons. The first-order valence-corrected chi connectivity index (χ1v) is 8.75. The third-order valence-electron chi connectivity index (χ3n) is 3.60. The van der Waals surface area contributed by atoms with Crippen LogP contribution in [0.4, 0.5) is 17.2 Å². The Labute approximate surface area is 166 Å². The monoisotopic (exact) mass is 408 g/mol. The molecule has 0 amide bonds. The van der Waals surface area contributed by atoms with E-state index in [1.807, 2.05) is 26.0 Å². The molecule has 0 spiro atoms. The Morgan fingerprint density at radius 1 is 0.923 bits per heavy atom. The van der Waals surface area contributed by atoms with Gasteiger partial charge in [-0.3, -0.25) is 0 Å². The van der Waals surface area contributed by atoms with Gasteiger partial charge < -0.3 is 15.8 Å². The van der Waals surface area contributed by atoms with E-state index in [1.165, 1.54) is 6.33 Å². The van der Waals surface area contributed by atoms with Gasteiger partial charge in [-0.2, -0.15) is 4.98 Å². The summed E-state index contributed by atoms with van der Waals surface area (Å²) in [6.07, 6.45) is 1.36. The van der Waals surface area contributed by atoms with Gasteiger partial charge in [0.25, 0.3) is 0 Å². The summed E-state index contributed by atoms with van der Waals surface area (Å²) in [5.74, 6) is 1.21. The summed E-state index contributed by atoms with van der Waals surface area (Å²) in [5, 5.41) is 4.76. The molecule has 0 aliphatic rings. The molecule has 1 aromatic heterocycles. The summed E-state index contributed by atoms with van der Waals surface area (Å²) < 4.78 is 5.82. The average Bonchev–Trinajstić information content (AvgIpc) is 2.55. The molecule has 0 aliphatic carbocycles. The van der Waals surface area contributed by atoms with Gasteiger partial charge in [-0.15, -0.1) is 0 Å². The predicted molar refractivity (Wildman–Crippen MR) is 107 cm³/mol. The highest BCUT2D eigenvalue weighted by atomic mass is 35.5. The molecule has 0 unspecified atom stereocenters. The van der Waals surface area contributed by atoms with Crippen molar-refractivity contribution in [3.8, 4) is 11.6 Å². The van der Waals surface area contributed by atoms with Crippen molar-refractivity contribution in [2.45, 2.75) is 13.8 Å². The maximum atomic E-state index is 6.19. The van der Waals surface area contributed by atoms with E-state index in [2.05, 4.69) is 15.3 Å². The summed E-state index contributed by atoms with van der Waals surface area (Å²) in [7, 11) is 0. The van der Waals surface area contributed by atoms with Gasteiger partial charge in [-0.05, 0) is 55.3 Å². The number of aryl methyl sites for hydroxylation is 2. The van der Waals surface area contributed by atoms with Crippen LogP contribution in [-0.4, -0.2) is 9.97 Å². The summed E-state index contributed by atoms with van der Waals surface area (Å²) >= 11 is 18.2. The van der Waals surface area contributed by atoms with Gasteiger partial charge in [-0.1, -0.05) is 34.8 Å². The summed E-state index contributed by atoms with van der Waals surface area (Å²) in [5.41, 5.74) is 8.87. The molecule has 0 saturated carbocycles. The van der Waals surface area contributed by atoms with E-state index in [4.69, 9.17) is 45.3 Å². The number of hydrogen-bond acceptors (Lipinski definition) is 5. The van der Waals surface area contributed by atoms with Crippen molar-refractivity contribution >= 4 is 52.0 Å². The minimum absolute atomic E-state index is 0.233. The smallest absolute Gasteiger partial charge is 0.248 e. The van der Waals surface area contributed by atoms with Crippen molar-refractivity contribution in [1.29, 1.82) is 0 Å². The summed E-state index contributed by atoms with van der Waals surface area (Å²) in [6, 6.07) is 8.70. The SMILES string of the molecule is Cc1cc(Oc2ncnc(Nc3cc(Cl)cc(Cl)c3)c2N)cc(C)c1Cl. The number of nitrogens with one attached hydrogen (secondary N) is 1. The van der Waals surface area contributed by atoms with Gasteiger partial charge in [0, 0.05) is 20.8 Å². The Kier molecular flexibility index (Phi) is 5.41. The van der Waals surface area contributed by atoms with Gasteiger partial charge in [0.15, 0.2) is 5.82 Å². The maximum absolute atomic E-state index is 6.19. The van der Waals surface area contributed by atoms with Gasteiger partial charge in [-0.25, -0.2) is 4.98 Å². The van der Waals surface area contributed by atoms with Crippen LogP contribution in [0.5, 0.6) is 11.6 Å². The molecule has 0 aliphatic heterocycles. The molecule has 0 fully saturated rings. The normalized spacial score (nSPS) is 10.7. The molecular formula is C18H15Cl3N4O. The Morgan fingerprint density at radius 3 is 2.15 bits per heavy atom. The largest absolute Gasteiger partial charge is 0.437 e. The lowest BCUT2D eigenvalue weighted by molar-refractivity contribution is 0.464. The van der Waals surface area contributed by atoms with Crippen LogP contribution in [0.3, 0.4) is 0 Å². The van der Waals surface area contributed by atoms with Gasteiger partial charge in [0.2, 0.25) is 5.88 Å². The Hall–Kier alpha value is -2.21. The molecule has 3 rings (SSSR count). The molecule has 1 heterocycles. The van der Waals surface area contributed by atoms with Crippen LogP contribution in [0.1, 0.15) is 11.1 Å². The molecule has 2 aromatic carbocycles. The van der Waals surface area contributed by atoms with Crippen LogP contribution >= 0.6 is 34.8 Å². The molecule has 0 bridgehead atoms. The van der Waals surface area contributed by atoms with E-state index in [0.29, 0.717) is 32.3 Å². The van der Waals surface area contributed by atoms with Crippen LogP contribution in [0.15, 0.2) is 36.7 Å². The fourth-order valence-corrected chi connectivity index (χ4v) is 3.03. The lowest BCUT2D eigenvalue weighted by Crippen LogP contribution is -2.03. The van der Waals surface area contributed by atoms with E-state index in [0.717, 1.165) is 11.1 Å². The van der Waals surface area contributed by atoms with E-state index < -0.39 is 0 Å². The highest BCUT2D eigenvalue weighted by Gasteiger charge is 2.12. The minimum Gasteiger partial charge on any atom is -0.437 e. The quantitative estimate of drug-likeness (QED) is 0.539. The second-order valence-corrected chi connectivity index (χ2v) is 6.95. The maximum Gasteiger partial charge on any atom is 0.248 e. The van der Waals surface area contributed by atoms with E-state index >= 15 is 0 Å². The zero-order valence-corrected chi connectivity index (χ0v) is 16.2. The average molecular weight is 410 g/mol. The number of rotatable bonds is 4. The van der Waals surface area contributed by atoms with Gasteiger partial charge >= 0.3 is 0 Å². The van der Waals surface area contributed by atoms with Crippen molar-refractivity contribution in [3.05, 3.63) is 62.9 Å². The predicted octanol–water partition coefficient (Wildman–Crippen LogP) is 6.17. The number of aromatic nitrogens is 2. The number of anilines is 3. The van der Waals surface area contributed by atoms with Crippen LogP contribution < -0.4 is 15.8 Å². The number of nitrogen functional groups attached to an aromatic ring is 1. The molecule has 3 N–H and O–H groups in total. The standard InChI is InChI=1S/C18H15Cl3N4O/c1-9-3-14(4-10(2)15(9)21)26-18-16(22)17(23-8-24-18)25-13-6-11(19)5-12(20)7-13/h3-8H,22H2,1-2H3,(H,23,24,25). The minimum atomic E-state index is 0.233. The first kappa shape index (κ1) is 18.6. The van der Waals surface area contributed by atoms with Crippen LogP contribution in [0.2, 0.25) is 15.1 Å². The molecular weight excluding hydrogens is 395 g/mol. The highest BCUT2D eigenvalue weighted by molar-refractivity contribution is 6.35. The van der Waals surface area contributed by atoms with Crippen LogP contribution in [0, 0.1) is 13.8 Å². The van der Waals surface area contributed by atoms with Gasteiger partial charge in [0.1, 0.15) is 17.8 Å². The van der Waals surface area contributed by atoms with E-state index in [-0.39, 0.29) is 11.6 Å². The number of nitrogens with two attached hydrogens (primary N) is 1. The topological polar surface area (TPSA) is 73.1 Å². The van der Waals surface area contributed by atoms with Crippen LogP contribution in [0.25, 0.3) is 0 Å². The molecule has 0 atom stereocenters. The molecule has 3 aromatic rings. The number of benzene rings is 2. The number of nitrogens with zero attached hydrogens (tertiary/aromatic N) is 2. The molecule has 0 saturated heterocycles. The molecule has 134 valence electrons.